The SMILES string of the molecule is Cc1c(C(Cl)(Cl)C(Cl)(Cl)Cl)cccc1C(Cl)(Cl)C(Cl)(Cl)Cl. The van der Waals surface area contributed by atoms with Gasteiger partial charge in [0.05, 0.1) is 0 Å². The fraction of sp³-hybridized carbons (Fsp3) is 0.455. The summed E-state index contributed by atoms with van der Waals surface area (Å²) in [4.78, 5) is 0. The molecule has 0 heterocycles. The van der Waals surface area contributed by atoms with Gasteiger partial charge in [-0.25, -0.2) is 0 Å². The van der Waals surface area contributed by atoms with Crippen LogP contribution in [0.5, 0.6) is 0 Å². The van der Waals surface area contributed by atoms with Gasteiger partial charge in [-0.15, -0.1) is 0 Å². The summed E-state index contributed by atoms with van der Waals surface area (Å²) in [6.07, 6.45) is 0. The van der Waals surface area contributed by atoms with Crippen LogP contribution in [0.3, 0.4) is 0 Å². The molecule has 0 bridgehead atoms. The molecule has 1 aromatic carbocycles. The van der Waals surface area contributed by atoms with Crippen molar-refractivity contribution in [1.29, 1.82) is 0 Å². The zero-order chi connectivity index (χ0) is 16.9. The fourth-order valence-corrected chi connectivity index (χ4v) is 3.05. The van der Waals surface area contributed by atoms with Crippen molar-refractivity contribution in [3.05, 3.63) is 34.9 Å². The maximum absolute atomic E-state index is 6.16. The zero-order valence-corrected chi connectivity index (χ0v) is 17.6. The lowest BCUT2D eigenvalue weighted by atomic mass is 9.97. The molecule has 0 fully saturated rings. The minimum Gasteiger partial charge on any atom is -0.0915 e. The monoisotopic (exact) mass is 488 g/mol. The summed E-state index contributed by atoms with van der Waals surface area (Å²) in [6, 6.07) is 4.68. The predicted molar refractivity (Wildman–Crippen MR) is 98.5 cm³/mol. The lowest BCUT2D eigenvalue weighted by Crippen LogP contribution is -2.33. The molecule has 0 nitrogen and oxygen atoms in total. The second kappa shape index (κ2) is 6.79. The van der Waals surface area contributed by atoms with Crippen molar-refractivity contribution in [2.45, 2.75) is 23.2 Å². The first kappa shape index (κ1) is 21.2. The second-order valence-corrected chi connectivity index (χ2v) is 11.3. The Labute approximate surface area is 172 Å². The van der Waals surface area contributed by atoms with E-state index in [0.29, 0.717) is 5.56 Å². The van der Waals surface area contributed by atoms with Crippen molar-refractivity contribution < 1.29 is 0 Å². The number of halogens is 10. The summed E-state index contributed by atoms with van der Waals surface area (Å²) in [6.45, 7) is 1.62. The van der Waals surface area contributed by atoms with Crippen LogP contribution in [0.4, 0.5) is 0 Å². The third kappa shape index (κ3) is 4.21. The first-order valence-electron chi connectivity index (χ1n) is 5.13. The van der Waals surface area contributed by atoms with Gasteiger partial charge in [-0.05, 0) is 23.6 Å². The Balaban J connectivity index is 3.56. The maximum atomic E-state index is 6.16. The number of rotatable bonds is 2. The largest absolute Gasteiger partial charge is 0.227 e. The third-order valence-corrected chi connectivity index (χ3v) is 7.53. The molecule has 21 heavy (non-hydrogen) atoms. The minimum atomic E-state index is -2.00. The van der Waals surface area contributed by atoms with Crippen molar-refractivity contribution in [2.75, 3.05) is 0 Å². The van der Waals surface area contributed by atoms with Crippen molar-refractivity contribution in [2.24, 2.45) is 0 Å². The maximum Gasteiger partial charge on any atom is 0.227 e. The van der Waals surface area contributed by atoms with E-state index in [4.69, 9.17) is 116 Å². The molecular formula is C11H6Cl10. The quantitative estimate of drug-likeness (QED) is 0.367. The Morgan fingerprint density at radius 1 is 0.619 bits per heavy atom. The van der Waals surface area contributed by atoms with Gasteiger partial charge in [0.1, 0.15) is 0 Å². The predicted octanol–water partition coefficient (Wildman–Crippen LogP) is 8.00. The van der Waals surface area contributed by atoms with Crippen LogP contribution in [0.15, 0.2) is 18.2 Å². The normalized spacial score (nSPS) is 14.4. The summed E-state index contributed by atoms with van der Waals surface area (Å²) in [5.41, 5.74) is 0.997. The van der Waals surface area contributed by atoms with Gasteiger partial charge in [-0.3, -0.25) is 0 Å². The molecule has 0 N–H and O–H groups in total. The number of alkyl halides is 10. The molecule has 0 atom stereocenters. The Kier molecular flexibility index (Phi) is 6.84. The van der Waals surface area contributed by atoms with Gasteiger partial charge in [0.2, 0.25) is 7.59 Å². The van der Waals surface area contributed by atoms with Crippen molar-refractivity contribution in [1.82, 2.24) is 0 Å². The molecule has 1 aromatic rings. The van der Waals surface area contributed by atoms with E-state index < -0.39 is 16.3 Å². The van der Waals surface area contributed by atoms with Crippen LogP contribution >= 0.6 is 116 Å². The molecule has 0 aliphatic heterocycles. The van der Waals surface area contributed by atoms with E-state index in [1.807, 2.05) is 0 Å². The Hall–Kier alpha value is 2.12. The topological polar surface area (TPSA) is 0 Å². The summed E-state index contributed by atoms with van der Waals surface area (Å²) in [7, 11) is 0. The lowest BCUT2D eigenvalue weighted by molar-refractivity contribution is 0.828. The van der Waals surface area contributed by atoms with E-state index in [9.17, 15) is 0 Å². The second-order valence-electron chi connectivity index (χ2n) is 4.12. The van der Waals surface area contributed by atoms with Crippen LogP contribution in [-0.4, -0.2) is 7.59 Å². The number of hydrogen-bond acceptors (Lipinski definition) is 0. The third-order valence-electron chi connectivity index (χ3n) is 2.72. The van der Waals surface area contributed by atoms with Crippen LogP contribution in [0.2, 0.25) is 0 Å². The average molecular weight is 493 g/mol. The van der Waals surface area contributed by atoms with Gasteiger partial charge in [0, 0.05) is 0 Å². The molecule has 1 rings (SSSR count). The molecule has 120 valence electrons. The molecule has 0 amide bonds. The Bertz CT molecular complexity index is 479. The van der Waals surface area contributed by atoms with Crippen molar-refractivity contribution >= 4 is 116 Å². The first-order valence-corrected chi connectivity index (χ1v) is 8.91. The lowest BCUT2D eigenvalue weighted by Gasteiger charge is -2.33. The van der Waals surface area contributed by atoms with Crippen LogP contribution in [0.25, 0.3) is 0 Å². The minimum absolute atomic E-state index is 0.281. The van der Waals surface area contributed by atoms with E-state index in [1.54, 1.807) is 25.1 Å². The number of hydrogen-bond donors (Lipinski definition) is 0. The molecule has 0 saturated carbocycles. The summed E-state index contributed by atoms with van der Waals surface area (Å²) < 4.78 is -7.70. The number of benzene rings is 1. The highest BCUT2D eigenvalue weighted by atomic mass is 35.6. The average Bonchev–Trinajstić information content (AvgIpc) is 2.25. The highest BCUT2D eigenvalue weighted by molar-refractivity contribution is 6.76. The van der Waals surface area contributed by atoms with Crippen molar-refractivity contribution in [3.63, 3.8) is 0 Å². The van der Waals surface area contributed by atoms with E-state index in [1.165, 1.54) is 0 Å². The fourth-order valence-electron chi connectivity index (χ4n) is 1.62. The highest BCUT2D eigenvalue weighted by Gasteiger charge is 2.51. The smallest absolute Gasteiger partial charge is 0.0915 e. The molecule has 0 radical (unpaired) electrons. The molecule has 0 saturated heterocycles. The molecule has 0 unspecified atom stereocenters. The molecular weight excluding hydrogens is 487 g/mol. The van der Waals surface area contributed by atoms with Gasteiger partial charge >= 0.3 is 0 Å². The molecule has 10 heteroatoms. The van der Waals surface area contributed by atoms with Gasteiger partial charge in [0.15, 0.2) is 8.67 Å². The van der Waals surface area contributed by atoms with E-state index in [0.717, 1.165) is 0 Å². The van der Waals surface area contributed by atoms with Crippen molar-refractivity contribution in [3.8, 4) is 0 Å². The molecule has 0 aromatic heterocycles. The Morgan fingerprint density at radius 3 is 1.14 bits per heavy atom. The molecule has 0 aliphatic carbocycles. The summed E-state index contributed by atoms with van der Waals surface area (Å²) >= 11 is 59.5. The first-order chi connectivity index (χ1) is 9.14. The van der Waals surface area contributed by atoms with E-state index >= 15 is 0 Å². The van der Waals surface area contributed by atoms with Crippen LogP contribution in [0.1, 0.15) is 16.7 Å². The zero-order valence-electron chi connectivity index (χ0n) is 10.0. The van der Waals surface area contributed by atoms with Crippen LogP contribution in [0, 0.1) is 6.92 Å². The molecule has 0 spiro atoms. The standard InChI is InChI=1S/C11H6Cl10/c1-5-6(8(12,13)10(16,17)18)3-2-4-7(5)9(14,15)11(19,20)21/h2-4H,1H3. The molecule has 0 aliphatic rings. The van der Waals surface area contributed by atoms with Gasteiger partial charge < -0.3 is 0 Å². The van der Waals surface area contributed by atoms with E-state index in [2.05, 4.69) is 0 Å². The summed E-state index contributed by atoms with van der Waals surface area (Å²) in [5.74, 6) is 0. The van der Waals surface area contributed by atoms with Gasteiger partial charge in [-0.2, -0.15) is 0 Å². The Morgan fingerprint density at radius 2 is 0.905 bits per heavy atom. The van der Waals surface area contributed by atoms with E-state index in [-0.39, 0.29) is 11.1 Å². The summed E-state index contributed by atoms with van der Waals surface area (Å²) in [5, 5.41) is 0. The van der Waals surface area contributed by atoms with Gasteiger partial charge in [0.25, 0.3) is 0 Å². The van der Waals surface area contributed by atoms with Gasteiger partial charge in [-0.1, -0.05) is 134 Å². The highest BCUT2D eigenvalue weighted by Crippen LogP contribution is 2.57. The van der Waals surface area contributed by atoms with Crippen LogP contribution < -0.4 is 0 Å². The van der Waals surface area contributed by atoms with Crippen LogP contribution in [-0.2, 0) is 8.67 Å².